The third kappa shape index (κ3) is 3.22. The van der Waals surface area contributed by atoms with Crippen molar-refractivity contribution in [3.05, 3.63) is 30.3 Å². The standard InChI is InChI=1S/C21H26N6O3/c28-18(29)9-10-21-13-25(19(30)15-5-4-6-15)11-16(21)12-26(14-21)20-22-23-24-27(20)17-7-2-1-3-8-17/h1-3,7-8,15-16H,4-6,9-14H2,(H,28,29)/t16-,21+/m1/s1. The van der Waals surface area contributed by atoms with Gasteiger partial charge in [-0.15, -0.1) is 0 Å². The van der Waals surface area contributed by atoms with E-state index >= 15 is 0 Å². The van der Waals surface area contributed by atoms with Crippen LogP contribution in [-0.2, 0) is 9.59 Å². The van der Waals surface area contributed by atoms with Crippen molar-refractivity contribution in [3.8, 4) is 5.69 Å². The predicted molar refractivity (Wildman–Crippen MR) is 108 cm³/mol. The monoisotopic (exact) mass is 410 g/mol. The molecule has 30 heavy (non-hydrogen) atoms. The fourth-order valence-electron chi connectivity index (χ4n) is 5.24. The third-order valence-electron chi connectivity index (χ3n) is 7.10. The first-order chi connectivity index (χ1) is 14.6. The van der Waals surface area contributed by atoms with Crippen molar-refractivity contribution >= 4 is 17.8 Å². The molecule has 0 unspecified atom stereocenters. The van der Waals surface area contributed by atoms with Gasteiger partial charge >= 0.3 is 5.97 Å². The number of para-hydroxylation sites is 1. The largest absolute Gasteiger partial charge is 0.481 e. The molecule has 3 aliphatic rings. The Morgan fingerprint density at radius 1 is 1.13 bits per heavy atom. The minimum absolute atomic E-state index is 0.111. The normalized spacial score (nSPS) is 25.9. The number of rotatable bonds is 6. The molecule has 3 heterocycles. The van der Waals surface area contributed by atoms with Gasteiger partial charge in [-0.1, -0.05) is 29.7 Å². The molecule has 2 saturated heterocycles. The predicted octanol–water partition coefficient (Wildman–Crippen LogP) is 1.59. The molecule has 158 valence electrons. The number of hydrogen-bond acceptors (Lipinski definition) is 6. The first kappa shape index (κ1) is 19.0. The summed E-state index contributed by atoms with van der Waals surface area (Å²) in [5.41, 5.74) is 0.654. The number of aliphatic carboxylic acids is 1. The highest BCUT2D eigenvalue weighted by molar-refractivity contribution is 5.80. The number of carboxylic acid groups (broad SMARTS) is 1. The molecule has 3 fully saturated rings. The highest BCUT2D eigenvalue weighted by atomic mass is 16.4. The van der Waals surface area contributed by atoms with Gasteiger partial charge in [0.05, 0.1) is 5.69 Å². The second-order valence-corrected chi connectivity index (χ2v) is 8.91. The van der Waals surface area contributed by atoms with Crippen LogP contribution in [0.25, 0.3) is 5.69 Å². The minimum atomic E-state index is -0.792. The molecule has 2 aromatic rings. The van der Waals surface area contributed by atoms with E-state index in [1.807, 2.05) is 35.2 Å². The minimum Gasteiger partial charge on any atom is -0.481 e. The molecule has 9 nitrogen and oxygen atoms in total. The molecular weight excluding hydrogens is 384 g/mol. The van der Waals surface area contributed by atoms with Crippen molar-refractivity contribution < 1.29 is 14.7 Å². The molecule has 2 aliphatic heterocycles. The Hall–Kier alpha value is -2.97. The van der Waals surface area contributed by atoms with Crippen molar-refractivity contribution in [2.24, 2.45) is 17.3 Å². The highest BCUT2D eigenvalue weighted by Crippen LogP contribution is 2.47. The number of aromatic nitrogens is 4. The average Bonchev–Trinajstić information content (AvgIpc) is 3.38. The number of amides is 1. The van der Waals surface area contributed by atoms with E-state index in [9.17, 15) is 14.7 Å². The van der Waals surface area contributed by atoms with Crippen molar-refractivity contribution in [2.45, 2.75) is 32.1 Å². The van der Waals surface area contributed by atoms with Crippen LogP contribution in [-0.4, -0.2) is 68.3 Å². The van der Waals surface area contributed by atoms with Gasteiger partial charge < -0.3 is 14.9 Å². The lowest BCUT2D eigenvalue weighted by Gasteiger charge is -2.32. The van der Waals surface area contributed by atoms with Gasteiger partial charge in [-0.3, -0.25) is 9.59 Å². The van der Waals surface area contributed by atoms with Crippen molar-refractivity contribution in [1.82, 2.24) is 25.1 Å². The van der Waals surface area contributed by atoms with E-state index in [1.165, 1.54) is 0 Å². The van der Waals surface area contributed by atoms with Crippen LogP contribution in [0.5, 0.6) is 0 Å². The molecule has 0 spiro atoms. The molecule has 5 rings (SSSR count). The molecule has 2 atom stereocenters. The van der Waals surface area contributed by atoms with Crippen LogP contribution in [0, 0.1) is 17.3 Å². The number of likely N-dealkylation sites (tertiary alicyclic amines) is 1. The van der Waals surface area contributed by atoms with E-state index in [-0.39, 0.29) is 29.6 Å². The Labute approximate surface area is 174 Å². The summed E-state index contributed by atoms with van der Waals surface area (Å²) < 4.78 is 1.73. The Kier molecular flexibility index (Phi) is 4.67. The number of carboxylic acids is 1. The Balaban J connectivity index is 1.39. The maximum Gasteiger partial charge on any atom is 0.303 e. The van der Waals surface area contributed by atoms with Crippen molar-refractivity contribution in [3.63, 3.8) is 0 Å². The molecule has 1 N–H and O–H groups in total. The summed E-state index contributed by atoms with van der Waals surface area (Å²) >= 11 is 0. The van der Waals surface area contributed by atoms with Crippen LogP contribution in [0.15, 0.2) is 30.3 Å². The molecule has 1 aliphatic carbocycles. The molecule has 1 aromatic heterocycles. The first-order valence-electron chi connectivity index (χ1n) is 10.7. The van der Waals surface area contributed by atoms with Gasteiger partial charge in [0, 0.05) is 49.9 Å². The fourth-order valence-corrected chi connectivity index (χ4v) is 5.24. The number of benzene rings is 1. The zero-order valence-corrected chi connectivity index (χ0v) is 16.9. The number of anilines is 1. The number of fused-ring (bicyclic) bond motifs is 1. The topological polar surface area (TPSA) is 104 Å². The first-order valence-corrected chi connectivity index (χ1v) is 10.7. The van der Waals surface area contributed by atoms with E-state index in [0.717, 1.165) is 31.5 Å². The summed E-state index contributed by atoms with van der Waals surface area (Å²) in [6, 6.07) is 9.74. The Morgan fingerprint density at radius 2 is 1.93 bits per heavy atom. The maximum atomic E-state index is 12.8. The molecule has 1 aromatic carbocycles. The number of tetrazole rings is 1. The van der Waals surface area contributed by atoms with Gasteiger partial charge in [-0.2, -0.15) is 4.68 Å². The fraction of sp³-hybridized carbons (Fsp3) is 0.571. The zero-order chi connectivity index (χ0) is 20.7. The average molecular weight is 410 g/mol. The highest BCUT2D eigenvalue weighted by Gasteiger charge is 2.54. The van der Waals surface area contributed by atoms with Crippen LogP contribution in [0.4, 0.5) is 5.95 Å². The zero-order valence-electron chi connectivity index (χ0n) is 16.9. The van der Waals surface area contributed by atoms with Crippen LogP contribution in [0.1, 0.15) is 32.1 Å². The summed E-state index contributed by atoms with van der Waals surface area (Å²) in [5.74, 6) is 0.524. The van der Waals surface area contributed by atoms with Crippen LogP contribution in [0.2, 0.25) is 0 Å². The summed E-state index contributed by atoms with van der Waals surface area (Å²) in [4.78, 5) is 28.3. The van der Waals surface area contributed by atoms with Crippen LogP contribution >= 0.6 is 0 Å². The van der Waals surface area contributed by atoms with E-state index in [4.69, 9.17) is 0 Å². The van der Waals surface area contributed by atoms with E-state index in [0.29, 0.717) is 32.0 Å². The quantitative estimate of drug-likeness (QED) is 0.771. The van der Waals surface area contributed by atoms with Gasteiger partial charge in [0.2, 0.25) is 11.9 Å². The lowest BCUT2D eigenvalue weighted by molar-refractivity contribution is -0.137. The molecule has 1 amide bonds. The third-order valence-corrected chi connectivity index (χ3v) is 7.10. The summed E-state index contributed by atoms with van der Waals surface area (Å²) in [7, 11) is 0. The molecule has 0 radical (unpaired) electrons. The lowest BCUT2D eigenvalue weighted by Crippen LogP contribution is -2.41. The molecule has 0 bridgehead atoms. The molecule has 9 heteroatoms. The van der Waals surface area contributed by atoms with Gasteiger partial charge in [0.1, 0.15) is 0 Å². The maximum absolute atomic E-state index is 12.8. The Morgan fingerprint density at radius 3 is 2.63 bits per heavy atom. The van der Waals surface area contributed by atoms with E-state index < -0.39 is 5.97 Å². The Bertz CT molecular complexity index is 943. The van der Waals surface area contributed by atoms with Crippen molar-refractivity contribution in [2.75, 3.05) is 31.1 Å². The number of nitrogens with zero attached hydrogens (tertiary/aromatic N) is 6. The van der Waals surface area contributed by atoms with Crippen LogP contribution in [0.3, 0.4) is 0 Å². The summed E-state index contributed by atoms with van der Waals surface area (Å²) in [6.45, 7) is 2.70. The second-order valence-electron chi connectivity index (χ2n) is 8.91. The summed E-state index contributed by atoms with van der Waals surface area (Å²) in [5, 5.41) is 21.6. The number of carbonyl (C=O) groups is 2. The number of carbonyl (C=O) groups excluding carboxylic acids is 1. The van der Waals surface area contributed by atoms with Crippen molar-refractivity contribution in [1.29, 1.82) is 0 Å². The van der Waals surface area contributed by atoms with E-state index in [1.54, 1.807) is 4.68 Å². The van der Waals surface area contributed by atoms with Crippen LogP contribution < -0.4 is 4.90 Å². The van der Waals surface area contributed by atoms with E-state index in [2.05, 4.69) is 20.4 Å². The summed E-state index contributed by atoms with van der Waals surface area (Å²) in [6.07, 6.45) is 3.78. The SMILES string of the molecule is O=C(O)CC[C@@]12CN(C(=O)C3CCC3)C[C@@H]1CN(c1nnnn1-c1ccccc1)C2. The second kappa shape index (κ2) is 7.37. The molecular formula is C21H26N6O3. The lowest BCUT2D eigenvalue weighted by atomic mass is 9.77. The van der Waals surface area contributed by atoms with Gasteiger partial charge in [-0.05, 0) is 41.8 Å². The van der Waals surface area contributed by atoms with Gasteiger partial charge in [0.25, 0.3) is 0 Å². The number of hydrogen-bond donors (Lipinski definition) is 1. The van der Waals surface area contributed by atoms with Gasteiger partial charge in [0.15, 0.2) is 0 Å². The smallest absolute Gasteiger partial charge is 0.303 e. The molecule has 1 saturated carbocycles. The van der Waals surface area contributed by atoms with Gasteiger partial charge in [-0.25, -0.2) is 0 Å².